The van der Waals surface area contributed by atoms with Crippen LogP contribution in [0.3, 0.4) is 0 Å². The van der Waals surface area contributed by atoms with Gasteiger partial charge in [-0.15, -0.1) is 0 Å². The lowest BCUT2D eigenvalue weighted by Gasteiger charge is -2.24. The van der Waals surface area contributed by atoms with Crippen LogP contribution in [0.4, 0.5) is 5.69 Å². The second-order valence-corrected chi connectivity index (χ2v) is 8.63. The number of rotatable bonds is 8. The van der Waals surface area contributed by atoms with Crippen molar-refractivity contribution in [3.05, 3.63) is 59.6 Å². The molecule has 7 heteroatoms. The van der Waals surface area contributed by atoms with Gasteiger partial charge in [-0.1, -0.05) is 43.6 Å². The summed E-state index contributed by atoms with van der Waals surface area (Å²) in [5.74, 6) is 0.107. The van der Waals surface area contributed by atoms with Crippen molar-refractivity contribution in [2.24, 2.45) is 5.92 Å². The summed E-state index contributed by atoms with van der Waals surface area (Å²) in [7, 11) is -3.87. The monoisotopic (exact) mass is 394 g/mol. The molecule has 0 heterocycles. The number of nitrogens with zero attached hydrogens (tertiary/aromatic N) is 1. The van der Waals surface area contributed by atoms with Gasteiger partial charge in [-0.25, -0.2) is 8.42 Å². The molecule has 0 spiro atoms. The van der Waals surface area contributed by atoms with Crippen LogP contribution in [-0.4, -0.2) is 27.4 Å². The molecule has 2 rings (SSSR count). The van der Waals surface area contributed by atoms with E-state index in [1.165, 1.54) is 12.1 Å². The minimum absolute atomic E-state index is 0.130. The Kier molecular flexibility index (Phi) is 7.06. The van der Waals surface area contributed by atoms with Gasteiger partial charge >= 0.3 is 0 Å². The summed E-state index contributed by atoms with van der Waals surface area (Å²) in [6.07, 6.45) is 0.831. The second kappa shape index (κ2) is 9.05. The van der Waals surface area contributed by atoms with E-state index in [-0.39, 0.29) is 17.3 Å². The van der Waals surface area contributed by atoms with Crippen LogP contribution in [0.1, 0.15) is 20.3 Å². The summed E-state index contributed by atoms with van der Waals surface area (Å²) < 4.78 is 27.2. The van der Waals surface area contributed by atoms with Gasteiger partial charge in [0.2, 0.25) is 5.91 Å². The number of halogens is 1. The highest BCUT2D eigenvalue weighted by atomic mass is 35.5. The fourth-order valence-corrected chi connectivity index (χ4v) is 3.90. The standard InChI is InChI=1S/C19H23ClN2O3S/c1-15(2)12-13-21-19(23)14-22(17-10-8-16(20)9-11-17)26(24,25)18-6-4-3-5-7-18/h3-11,15H,12-14H2,1-2H3,(H,21,23). The van der Waals surface area contributed by atoms with E-state index in [0.717, 1.165) is 10.7 Å². The molecule has 26 heavy (non-hydrogen) atoms. The highest BCUT2D eigenvalue weighted by molar-refractivity contribution is 7.92. The quantitative estimate of drug-likeness (QED) is 0.742. The zero-order chi connectivity index (χ0) is 19.2. The molecule has 0 fully saturated rings. The molecule has 0 unspecified atom stereocenters. The summed E-state index contributed by atoms with van der Waals surface area (Å²) in [6, 6.07) is 14.4. The summed E-state index contributed by atoms with van der Waals surface area (Å²) in [6.45, 7) is 4.34. The number of sulfonamides is 1. The number of benzene rings is 2. The van der Waals surface area contributed by atoms with Crippen molar-refractivity contribution in [1.82, 2.24) is 5.32 Å². The number of nitrogens with one attached hydrogen (secondary N) is 1. The van der Waals surface area contributed by atoms with E-state index in [4.69, 9.17) is 11.6 Å². The van der Waals surface area contributed by atoms with Gasteiger partial charge in [-0.05, 0) is 48.7 Å². The van der Waals surface area contributed by atoms with E-state index in [0.29, 0.717) is 23.2 Å². The summed E-state index contributed by atoms with van der Waals surface area (Å²) in [4.78, 5) is 12.4. The number of hydrogen-bond acceptors (Lipinski definition) is 3. The molecule has 0 aromatic heterocycles. The maximum absolute atomic E-state index is 13.0. The molecule has 0 aliphatic rings. The first-order valence-corrected chi connectivity index (χ1v) is 10.2. The van der Waals surface area contributed by atoms with Gasteiger partial charge in [0.15, 0.2) is 0 Å². The molecule has 2 aromatic carbocycles. The first kappa shape index (κ1) is 20.3. The normalized spacial score (nSPS) is 11.4. The van der Waals surface area contributed by atoms with E-state index in [9.17, 15) is 13.2 Å². The zero-order valence-corrected chi connectivity index (χ0v) is 16.4. The van der Waals surface area contributed by atoms with Crippen LogP contribution in [0.5, 0.6) is 0 Å². The van der Waals surface area contributed by atoms with E-state index in [2.05, 4.69) is 19.2 Å². The molecule has 1 N–H and O–H groups in total. The highest BCUT2D eigenvalue weighted by Crippen LogP contribution is 2.24. The van der Waals surface area contributed by atoms with Gasteiger partial charge in [-0.2, -0.15) is 0 Å². The summed E-state index contributed by atoms with van der Waals surface area (Å²) in [5.41, 5.74) is 0.386. The topological polar surface area (TPSA) is 66.5 Å². The molecule has 5 nitrogen and oxygen atoms in total. The van der Waals surface area contributed by atoms with Crippen LogP contribution in [0.2, 0.25) is 5.02 Å². The van der Waals surface area contributed by atoms with Gasteiger partial charge < -0.3 is 5.32 Å². The number of anilines is 1. The molecule has 0 aliphatic heterocycles. The van der Waals surface area contributed by atoms with E-state index in [1.54, 1.807) is 42.5 Å². The molecule has 0 saturated heterocycles. The van der Waals surface area contributed by atoms with Crippen LogP contribution in [-0.2, 0) is 14.8 Å². The number of hydrogen-bond donors (Lipinski definition) is 1. The van der Waals surface area contributed by atoms with Crippen LogP contribution in [0.25, 0.3) is 0 Å². The highest BCUT2D eigenvalue weighted by Gasteiger charge is 2.26. The molecule has 0 atom stereocenters. The van der Waals surface area contributed by atoms with Crippen LogP contribution in [0, 0.1) is 5.92 Å². The maximum atomic E-state index is 13.0. The molecule has 2 aromatic rings. The van der Waals surface area contributed by atoms with Crippen LogP contribution >= 0.6 is 11.6 Å². The Hall–Kier alpha value is -2.05. The summed E-state index contributed by atoms with van der Waals surface area (Å²) in [5, 5.41) is 3.27. The van der Waals surface area contributed by atoms with E-state index < -0.39 is 10.0 Å². The lowest BCUT2D eigenvalue weighted by Crippen LogP contribution is -2.41. The predicted molar refractivity (Wildman–Crippen MR) is 105 cm³/mol. The summed E-state index contributed by atoms with van der Waals surface area (Å²) >= 11 is 5.90. The predicted octanol–water partition coefficient (Wildman–Crippen LogP) is 3.70. The lowest BCUT2D eigenvalue weighted by molar-refractivity contribution is -0.119. The van der Waals surface area contributed by atoms with Crippen molar-refractivity contribution in [3.63, 3.8) is 0 Å². The van der Waals surface area contributed by atoms with E-state index in [1.807, 2.05) is 0 Å². The van der Waals surface area contributed by atoms with Crippen molar-refractivity contribution in [2.45, 2.75) is 25.2 Å². The third kappa shape index (κ3) is 5.47. The average molecular weight is 395 g/mol. The van der Waals surface area contributed by atoms with Gasteiger partial charge in [0.1, 0.15) is 6.54 Å². The fourth-order valence-electron chi connectivity index (χ4n) is 2.33. The Morgan fingerprint density at radius 2 is 1.69 bits per heavy atom. The van der Waals surface area contributed by atoms with Gasteiger partial charge in [-0.3, -0.25) is 9.10 Å². The fraction of sp³-hybridized carbons (Fsp3) is 0.316. The average Bonchev–Trinajstić information content (AvgIpc) is 2.61. The van der Waals surface area contributed by atoms with Crippen molar-refractivity contribution < 1.29 is 13.2 Å². The molecule has 0 saturated carbocycles. The molecule has 140 valence electrons. The number of carbonyl (C=O) groups excluding carboxylic acids is 1. The number of amides is 1. The van der Waals surface area contributed by atoms with E-state index >= 15 is 0 Å². The molecule has 1 amide bonds. The molecular formula is C19H23ClN2O3S. The second-order valence-electron chi connectivity index (χ2n) is 6.33. The maximum Gasteiger partial charge on any atom is 0.264 e. The Morgan fingerprint density at radius 3 is 2.27 bits per heavy atom. The third-order valence-electron chi connectivity index (χ3n) is 3.78. The smallest absolute Gasteiger partial charge is 0.264 e. The van der Waals surface area contributed by atoms with Crippen molar-refractivity contribution >= 4 is 33.2 Å². The lowest BCUT2D eigenvalue weighted by atomic mass is 10.1. The zero-order valence-electron chi connectivity index (χ0n) is 14.9. The SMILES string of the molecule is CC(C)CCNC(=O)CN(c1ccc(Cl)cc1)S(=O)(=O)c1ccccc1. The minimum Gasteiger partial charge on any atom is -0.355 e. The molecule has 0 aliphatic carbocycles. The Bertz CT molecular complexity index is 822. The van der Waals surface area contributed by atoms with Gasteiger partial charge in [0, 0.05) is 11.6 Å². The first-order chi connectivity index (χ1) is 12.3. The molecule has 0 bridgehead atoms. The van der Waals surface area contributed by atoms with Crippen LogP contribution in [0.15, 0.2) is 59.5 Å². The third-order valence-corrected chi connectivity index (χ3v) is 5.82. The Balaban J connectivity index is 2.28. The van der Waals surface area contributed by atoms with Gasteiger partial charge in [0.25, 0.3) is 10.0 Å². The number of carbonyl (C=O) groups is 1. The first-order valence-electron chi connectivity index (χ1n) is 8.41. The minimum atomic E-state index is -3.87. The Labute approximate surface area is 160 Å². The largest absolute Gasteiger partial charge is 0.355 e. The van der Waals surface area contributed by atoms with Gasteiger partial charge in [0.05, 0.1) is 10.6 Å². The Morgan fingerprint density at radius 1 is 1.08 bits per heavy atom. The van der Waals surface area contributed by atoms with Crippen molar-refractivity contribution in [3.8, 4) is 0 Å². The molecule has 0 radical (unpaired) electrons. The van der Waals surface area contributed by atoms with Crippen molar-refractivity contribution in [1.29, 1.82) is 0 Å². The van der Waals surface area contributed by atoms with Crippen molar-refractivity contribution in [2.75, 3.05) is 17.4 Å². The molecular weight excluding hydrogens is 372 g/mol. The van der Waals surface area contributed by atoms with Crippen LogP contribution < -0.4 is 9.62 Å².